The Morgan fingerprint density at radius 2 is 1.94 bits per heavy atom. The summed E-state index contributed by atoms with van der Waals surface area (Å²) in [6, 6.07) is 0. The first-order valence-electron chi connectivity index (χ1n) is 4.71. The maximum atomic E-state index is 11.6. The summed E-state index contributed by atoms with van der Waals surface area (Å²) in [4.78, 5) is 22.9. The number of hydrogen-bond acceptors (Lipinski definition) is 5. The lowest BCUT2D eigenvalue weighted by Gasteiger charge is -2.16. The minimum atomic E-state index is -1.07. The third-order valence-electron chi connectivity index (χ3n) is 1.74. The maximum Gasteiger partial charge on any atom is 0.343 e. The lowest BCUT2D eigenvalue weighted by molar-refractivity contribution is -0.132. The average Bonchev–Trinajstić information content (AvgIpc) is 2.25. The molecular formula is C9H13NO4S2. The van der Waals surface area contributed by atoms with Crippen LogP contribution in [-0.4, -0.2) is 46.2 Å². The zero-order valence-electron chi connectivity index (χ0n) is 8.73. The Morgan fingerprint density at radius 3 is 2.44 bits per heavy atom. The van der Waals surface area contributed by atoms with E-state index in [9.17, 15) is 9.59 Å². The smallest absolute Gasteiger partial charge is 0.343 e. The number of carboxylic acids is 1. The van der Waals surface area contributed by atoms with Crippen molar-refractivity contribution in [1.29, 1.82) is 0 Å². The highest BCUT2D eigenvalue weighted by Crippen LogP contribution is 2.34. The summed E-state index contributed by atoms with van der Waals surface area (Å²) in [6.07, 6.45) is -0.640. The van der Waals surface area contributed by atoms with Crippen LogP contribution in [0.5, 0.6) is 0 Å². The van der Waals surface area contributed by atoms with E-state index in [4.69, 9.17) is 10.2 Å². The first-order chi connectivity index (χ1) is 7.52. The van der Waals surface area contributed by atoms with Gasteiger partial charge >= 0.3 is 5.97 Å². The fraction of sp³-hybridized carbons (Fsp3) is 0.556. The lowest BCUT2D eigenvalue weighted by Crippen LogP contribution is -2.32. The van der Waals surface area contributed by atoms with Gasteiger partial charge in [-0.3, -0.25) is 4.79 Å². The van der Waals surface area contributed by atoms with Gasteiger partial charge in [-0.2, -0.15) is 0 Å². The zero-order valence-corrected chi connectivity index (χ0v) is 10.4. The quantitative estimate of drug-likeness (QED) is 0.674. The Morgan fingerprint density at radius 1 is 1.38 bits per heavy atom. The standard InChI is InChI=1S/C9H13NO4S2/c1-5(11)4-10-8(12)6-7(9(13)14)16-3-2-15-6/h5,11H,2-4H2,1H3,(H,10,12)(H,13,14)/t5-/m1/s1. The fourth-order valence-electron chi connectivity index (χ4n) is 1.07. The average molecular weight is 263 g/mol. The molecule has 1 aliphatic rings. The maximum absolute atomic E-state index is 11.6. The summed E-state index contributed by atoms with van der Waals surface area (Å²) in [6.45, 7) is 1.68. The van der Waals surface area contributed by atoms with Crippen molar-refractivity contribution in [1.82, 2.24) is 5.32 Å². The van der Waals surface area contributed by atoms with E-state index in [1.807, 2.05) is 0 Å². The van der Waals surface area contributed by atoms with Crippen LogP contribution in [0.2, 0.25) is 0 Å². The molecule has 7 heteroatoms. The predicted octanol–water partition coefficient (Wildman–Crippen LogP) is 0.260. The second kappa shape index (κ2) is 6.17. The molecule has 0 spiro atoms. The van der Waals surface area contributed by atoms with Gasteiger partial charge in [0.05, 0.1) is 11.0 Å². The van der Waals surface area contributed by atoms with Gasteiger partial charge in [-0.15, -0.1) is 23.5 Å². The largest absolute Gasteiger partial charge is 0.477 e. The molecule has 1 heterocycles. The van der Waals surface area contributed by atoms with E-state index in [-0.39, 0.29) is 16.4 Å². The van der Waals surface area contributed by atoms with Crippen molar-refractivity contribution < 1.29 is 19.8 Å². The zero-order chi connectivity index (χ0) is 12.1. The van der Waals surface area contributed by atoms with Gasteiger partial charge < -0.3 is 15.5 Å². The number of carbonyl (C=O) groups excluding carboxylic acids is 1. The van der Waals surface area contributed by atoms with Gasteiger partial charge in [0.2, 0.25) is 0 Å². The minimum Gasteiger partial charge on any atom is -0.477 e. The number of carbonyl (C=O) groups is 2. The summed E-state index contributed by atoms with van der Waals surface area (Å²) < 4.78 is 0. The number of nitrogens with one attached hydrogen (secondary N) is 1. The van der Waals surface area contributed by atoms with Crippen molar-refractivity contribution in [3.8, 4) is 0 Å². The molecule has 0 saturated heterocycles. The van der Waals surface area contributed by atoms with Crippen molar-refractivity contribution in [2.75, 3.05) is 18.1 Å². The highest BCUT2D eigenvalue weighted by Gasteiger charge is 2.24. The van der Waals surface area contributed by atoms with Gasteiger partial charge in [0, 0.05) is 18.1 Å². The molecule has 0 aromatic heterocycles. The van der Waals surface area contributed by atoms with Gasteiger partial charge in [0.15, 0.2) is 0 Å². The molecule has 0 aliphatic carbocycles. The summed E-state index contributed by atoms with van der Waals surface area (Å²) in [5, 5.41) is 20.4. The summed E-state index contributed by atoms with van der Waals surface area (Å²) >= 11 is 2.42. The number of carboxylic acid groups (broad SMARTS) is 1. The van der Waals surface area contributed by atoms with E-state index < -0.39 is 18.0 Å². The number of aliphatic hydroxyl groups is 1. The van der Waals surface area contributed by atoms with Crippen LogP contribution < -0.4 is 5.32 Å². The molecule has 16 heavy (non-hydrogen) atoms. The first-order valence-corrected chi connectivity index (χ1v) is 6.69. The fourth-order valence-corrected chi connectivity index (χ4v) is 3.26. The van der Waals surface area contributed by atoms with Crippen LogP contribution in [0.25, 0.3) is 0 Å². The van der Waals surface area contributed by atoms with Crippen LogP contribution in [0.4, 0.5) is 0 Å². The van der Waals surface area contributed by atoms with Gasteiger partial charge in [0.25, 0.3) is 5.91 Å². The van der Waals surface area contributed by atoms with E-state index in [0.717, 1.165) is 5.75 Å². The second-order valence-corrected chi connectivity index (χ2v) is 5.43. The van der Waals surface area contributed by atoms with Crippen LogP contribution in [0.1, 0.15) is 6.92 Å². The molecule has 1 atom stereocenters. The molecule has 1 amide bonds. The van der Waals surface area contributed by atoms with Crippen molar-refractivity contribution in [3.63, 3.8) is 0 Å². The van der Waals surface area contributed by atoms with E-state index in [0.29, 0.717) is 5.75 Å². The summed E-state index contributed by atoms with van der Waals surface area (Å²) in [5.74, 6) is -0.0758. The molecule has 1 aliphatic heterocycles. The van der Waals surface area contributed by atoms with Crippen LogP contribution in [0.3, 0.4) is 0 Å². The normalized spacial score (nSPS) is 18.1. The van der Waals surface area contributed by atoms with E-state index in [1.165, 1.54) is 23.5 Å². The number of amides is 1. The Balaban J connectivity index is 2.74. The summed E-state index contributed by atoms with van der Waals surface area (Å²) in [7, 11) is 0. The highest BCUT2D eigenvalue weighted by atomic mass is 32.2. The van der Waals surface area contributed by atoms with Crippen LogP contribution in [0.15, 0.2) is 9.81 Å². The molecule has 3 N–H and O–H groups in total. The molecule has 0 unspecified atom stereocenters. The van der Waals surface area contributed by atoms with E-state index in [2.05, 4.69) is 5.32 Å². The molecule has 1 rings (SSSR count). The first kappa shape index (κ1) is 13.4. The molecule has 5 nitrogen and oxygen atoms in total. The third kappa shape index (κ3) is 3.73. The molecule has 0 aromatic carbocycles. The predicted molar refractivity (Wildman–Crippen MR) is 64.3 cm³/mol. The van der Waals surface area contributed by atoms with Gasteiger partial charge in [0.1, 0.15) is 4.91 Å². The van der Waals surface area contributed by atoms with Gasteiger partial charge in [-0.05, 0) is 6.92 Å². The molecule has 0 radical (unpaired) electrons. The van der Waals surface area contributed by atoms with Crippen molar-refractivity contribution in [3.05, 3.63) is 9.81 Å². The molecule has 0 saturated carbocycles. The number of aliphatic carboxylic acids is 1. The molecule has 0 fully saturated rings. The van der Waals surface area contributed by atoms with Gasteiger partial charge in [-0.25, -0.2) is 4.79 Å². The monoisotopic (exact) mass is 263 g/mol. The Bertz CT molecular complexity index is 327. The topological polar surface area (TPSA) is 86.6 Å². The number of aliphatic hydroxyl groups excluding tert-OH is 1. The van der Waals surface area contributed by atoms with Crippen LogP contribution >= 0.6 is 23.5 Å². The number of hydrogen-bond donors (Lipinski definition) is 3. The lowest BCUT2D eigenvalue weighted by atomic mass is 10.4. The SMILES string of the molecule is C[C@@H](O)CNC(=O)C1=C(C(=O)O)SCCS1. The minimum absolute atomic E-state index is 0.0966. The summed E-state index contributed by atoms with van der Waals surface area (Å²) in [5.41, 5.74) is 0. The molecule has 90 valence electrons. The van der Waals surface area contributed by atoms with Crippen LogP contribution in [0, 0.1) is 0 Å². The second-order valence-electron chi connectivity index (χ2n) is 3.22. The van der Waals surface area contributed by atoms with Crippen molar-refractivity contribution in [2.45, 2.75) is 13.0 Å². The van der Waals surface area contributed by atoms with E-state index >= 15 is 0 Å². The van der Waals surface area contributed by atoms with Crippen LogP contribution in [-0.2, 0) is 9.59 Å². The Labute approximate surface area is 102 Å². The molecular weight excluding hydrogens is 250 g/mol. The van der Waals surface area contributed by atoms with Crippen molar-refractivity contribution >= 4 is 35.4 Å². The Hall–Kier alpha value is -0.660. The van der Waals surface area contributed by atoms with Crippen molar-refractivity contribution in [2.24, 2.45) is 0 Å². The third-order valence-corrected chi connectivity index (χ3v) is 4.29. The number of rotatable bonds is 4. The highest BCUT2D eigenvalue weighted by molar-refractivity contribution is 8.11. The number of thioether (sulfide) groups is 2. The van der Waals surface area contributed by atoms with Gasteiger partial charge in [-0.1, -0.05) is 0 Å². The Kier molecular flexibility index (Phi) is 5.17. The molecule has 0 aromatic rings. The van der Waals surface area contributed by atoms with E-state index in [1.54, 1.807) is 6.92 Å². The molecule has 0 bridgehead atoms.